The lowest BCUT2D eigenvalue weighted by molar-refractivity contribution is 0.401. The van der Waals surface area contributed by atoms with E-state index in [2.05, 4.69) is 35.6 Å². The quantitative estimate of drug-likeness (QED) is 0.737. The maximum Gasteiger partial charge on any atom is 0.0758 e. The van der Waals surface area contributed by atoms with Crippen LogP contribution in [0.2, 0.25) is 5.02 Å². The van der Waals surface area contributed by atoms with Crippen LogP contribution < -0.4 is 0 Å². The molecule has 0 aromatic heterocycles. The Morgan fingerprint density at radius 1 is 1.35 bits per heavy atom. The highest BCUT2D eigenvalue weighted by molar-refractivity contribution is 8.02. The molecular weight excluding hydrogens is 270 g/mol. The zero-order valence-corrected chi connectivity index (χ0v) is 12.2. The van der Waals surface area contributed by atoms with E-state index in [-0.39, 0.29) is 0 Å². The molecule has 1 aliphatic heterocycles. The van der Waals surface area contributed by atoms with Gasteiger partial charge in [-0.05, 0) is 30.0 Å². The molecule has 1 aromatic carbocycles. The van der Waals surface area contributed by atoms with E-state index in [4.69, 9.17) is 11.6 Å². The first kappa shape index (κ1) is 13.2. The molecule has 0 saturated heterocycles. The lowest BCUT2D eigenvalue weighted by Crippen LogP contribution is -2.24. The summed E-state index contributed by atoms with van der Waals surface area (Å²) in [4.78, 5) is 2.39. The minimum absolute atomic E-state index is 0.603. The molecule has 0 bridgehead atoms. The summed E-state index contributed by atoms with van der Waals surface area (Å²) < 4.78 is 0. The van der Waals surface area contributed by atoms with E-state index in [0.717, 1.165) is 23.1 Å². The Morgan fingerprint density at radius 3 is 2.76 bits per heavy atom. The summed E-state index contributed by atoms with van der Waals surface area (Å²) in [6.07, 6.45) is 2.19. The molecule has 1 aliphatic rings. The van der Waals surface area contributed by atoms with Gasteiger partial charge >= 0.3 is 0 Å². The lowest BCUT2D eigenvalue weighted by Gasteiger charge is -2.20. The van der Waals surface area contributed by atoms with Crippen LogP contribution in [0.25, 0.3) is 0 Å². The molecule has 17 heavy (non-hydrogen) atoms. The van der Waals surface area contributed by atoms with E-state index >= 15 is 0 Å². The third kappa shape index (κ3) is 4.16. The summed E-state index contributed by atoms with van der Waals surface area (Å²) in [7, 11) is 0. The topological polar surface area (TPSA) is 3.24 Å². The third-order valence-electron chi connectivity index (χ3n) is 2.67. The number of hydrogen-bond donors (Lipinski definition) is 0. The summed E-state index contributed by atoms with van der Waals surface area (Å²) in [5.74, 6) is 2.23. The van der Waals surface area contributed by atoms with E-state index in [1.54, 1.807) is 0 Å². The van der Waals surface area contributed by atoms with Gasteiger partial charge in [0.15, 0.2) is 0 Å². The Morgan fingerprint density at radius 2 is 2.12 bits per heavy atom. The second-order valence-corrected chi connectivity index (χ2v) is 6.71. The van der Waals surface area contributed by atoms with E-state index in [1.807, 2.05) is 35.7 Å². The summed E-state index contributed by atoms with van der Waals surface area (Å²) in [6.45, 7) is 3.37. The van der Waals surface area contributed by atoms with E-state index < -0.39 is 0 Å². The number of benzene rings is 1. The zero-order chi connectivity index (χ0) is 12.1. The molecule has 0 N–H and O–H groups in total. The van der Waals surface area contributed by atoms with Gasteiger partial charge < -0.3 is 4.90 Å². The van der Waals surface area contributed by atoms with Gasteiger partial charge in [-0.1, -0.05) is 23.7 Å². The van der Waals surface area contributed by atoms with Crippen molar-refractivity contribution in [2.75, 3.05) is 12.3 Å². The summed E-state index contributed by atoms with van der Waals surface area (Å²) in [5, 5.41) is 3.59. The minimum atomic E-state index is 0.603. The highest BCUT2D eigenvalue weighted by Crippen LogP contribution is 2.24. The molecule has 1 heterocycles. The standard InChI is InChI=1S/C13H16ClNS2/c1-11-15(7-9-17-11)6-8-16-10-12-2-4-13(14)5-3-12/h2-5,7,9,11H,6,8,10H2,1H3. The number of hydrogen-bond acceptors (Lipinski definition) is 3. The second-order valence-electron chi connectivity index (χ2n) is 3.94. The smallest absolute Gasteiger partial charge is 0.0758 e. The summed E-state index contributed by atoms with van der Waals surface area (Å²) >= 11 is 9.71. The van der Waals surface area contributed by atoms with Crippen LogP contribution in [0.15, 0.2) is 35.9 Å². The molecule has 0 amide bonds. The SMILES string of the molecule is CC1SC=CN1CCSCc1ccc(Cl)cc1. The number of nitrogens with zero attached hydrogens (tertiary/aromatic N) is 1. The number of halogens is 1. The van der Waals surface area contributed by atoms with Gasteiger partial charge in [-0.25, -0.2) is 0 Å². The van der Waals surface area contributed by atoms with E-state index in [0.29, 0.717) is 5.37 Å². The molecule has 1 aromatic rings. The van der Waals surface area contributed by atoms with Crippen LogP contribution in [0.5, 0.6) is 0 Å². The number of thioether (sulfide) groups is 2. The highest BCUT2D eigenvalue weighted by Gasteiger charge is 2.13. The molecule has 4 heteroatoms. The molecule has 92 valence electrons. The fraction of sp³-hybridized carbons (Fsp3) is 0.385. The molecule has 0 radical (unpaired) electrons. The fourth-order valence-electron chi connectivity index (χ4n) is 1.62. The van der Waals surface area contributed by atoms with Crippen LogP contribution in [0, 0.1) is 0 Å². The Labute approximate surface area is 117 Å². The fourth-order valence-corrected chi connectivity index (χ4v) is 3.45. The third-order valence-corrected chi connectivity index (χ3v) is 4.87. The molecule has 0 spiro atoms. The van der Waals surface area contributed by atoms with Gasteiger partial charge in [-0.2, -0.15) is 11.8 Å². The molecule has 2 rings (SSSR count). The predicted octanol–water partition coefficient (Wildman–Crippen LogP) is 4.44. The van der Waals surface area contributed by atoms with Gasteiger partial charge in [-0.15, -0.1) is 11.8 Å². The predicted molar refractivity (Wildman–Crippen MR) is 80.5 cm³/mol. The Hall–Kier alpha value is -0.250. The van der Waals surface area contributed by atoms with Crippen molar-refractivity contribution in [2.45, 2.75) is 18.1 Å². The summed E-state index contributed by atoms with van der Waals surface area (Å²) in [5.41, 5.74) is 1.35. The molecule has 1 nitrogen and oxygen atoms in total. The van der Waals surface area contributed by atoms with Crippen LogP contribution in [-0.4, -0.2) is 22.6 Å². The zero-order valence-electron chi connectivity index (χ0n) is 9.80. The Balaban J connectivity index is 1.66. The molecular formula is C13H16ClNS2. The van der Waals surface area contributed by atoms with Gasteiger partial charge in [-0.3, -0.25) is 0 Å². The van der Waals surface area contributed by atoms with Crippen molar-refractivity contribution in [3.8, 4) is 0 Å². The van der Waals surface area contributed by atoms with Gasteiger partial charge in [0, 0.05) is 29.3 Å². The van der Waals surface area contributed by atoms with Crippen LogP contribution in [0.3, 0.4) is 0 Å². The Kier molecular flexibility index (Phi) is 5.14. The average molecular weight is 286 g/mol. The maximum atomic E-state index is 5.85. The normalized spacial score (nSPS) is 18.9. The first-order valence-electron chi connectivity index (χ1n) is 5.66. The van der Waals surface area contributed by atoms with Crippen molar-refractivity contribution in [1.82, 2.24) is 4.90 Å². The summed E-state index contributed by atoms with van der Waals surface area (Å²) in [6, 6.07) is 8.12. The van der Waals surface area contributed by atoms with Crippen molar-refractivity contribution in [3.05, 3.63) is 46.5 Å². The van der Waals surface area contributed by atoms with Crippen LogP contribution in [-0.2, 0) is 5.75 Å². The highest BCUT2D eigenvalue weighted by atomic mass is 35.5. The van der Waals surface area contributed by atoms with Crippen LogP contribution >= 0.6 is 35.1 Å². The van der Waals surface area contributed by atoms with Crippen LogP contribution in [0.4, 0.5) is 0 Å². The second kappa shape index (κ2) is 6.62. The average Bonchev–Trinajstić information content (AvgIpc) is 2.73. The van der Waals surface area contributed by atoms with Crippen molar-refractivity contribution in [2.24, 2.45) is 0 Å². The molecule has 0 saturated carbocycles. The monoisotopic (exact) mass is 285 g/mol. The molecule has 0 aliphatic carbocycles. The lowest BCUT2D eigenvalue weighted by atomic mass is 10.2. The van der Waals surface area contributed by atoms with Gasteiger partial charge in [0.25, 0.3) is 0 Å². The largest absolute Gasteiger partial charge is 0.364 e. The van der Waals surface area contributed by atoms with E-state index in [9.17, 15) is 0 Å². The molecule has 1 unspecified atom stereocenters. The van der Waals surface area contributed by atoms with Crippen molar-refractivity contribution in [3.63, 3.8) is 0 Å². The maximum absolute atomic E-state index is 5.85. The van der Waals surface area contributed by atoms with Crippen molar-refractivity contribution in [1.29, 1.82) is 0 Å². The van der Waals surface area contributed by atoms with Gasteiger partial charge in [0.05, 0.1) is 5.37 Å². The van der Waals surface area contributed by atoms with Gasteiger partial charge in [0.2, 0.25) is 0 Å². The van der Waals surface area contributed by atoms with Gasteiger partial charge in [0.1, 0.15) is 0 Å². The van der Waals surface area contributed by atoms with Crippen LogP contribution in [0.1, 0.15) is 12.5 Å². The first-order chi connectivity index (χ1) is 8.25. The molecule has 0 fully saturated rings. The molecule has 1 atom stereocenters. The van der Waals surface area contributed by atoms with E-state index in [1.165, 1.54) is 5.56 Å². The van der Waals surface area contributed by atoms with Crippen molar-refractivity contribution >= 4 is 35.1 Å². The Bertz CT molecular complexity index is 378. The van der Waals surface area contributed by atoms with Crippen molar-refractivity contribution < 1.29 is 0 Å². The first-order valence-corrected chi connectivity index (χ1v) is 8.13. The minimum Gasteiger partial charge on any atom is -0.364 e. The number of rotatable bonds is 5.